The number of aliphatic hydroxyl groups excluding tert-OH is 1. The van der Waals surface area contributed by atoms with Crippen molar-refractivity contribution in [3.05, 3.63) is 47.9 Å². The highest BCUT2D eigenvalue weighted by molar-refractivity contribution is 5.79. The van der Waals surface area contributed by atoms with E-state index in [0.717, 1.165) is 42.5 Å². The number of guanidine groups is 1. The fourth-order valence-corrected chi connectivity index (χ4v) is 2.65. The van der Waals surface area contributed by atoms with Crippen molar-refractivity contribution in [3.8, 4) is 11.5 Å². The first-order chi connectivity index (χ1) is 13.1. The zero-order valence-corrected chi connectivity index (χ0v) is 16.4. The van der Waals surface area contributed by atoms with Crippen LogP contribution in [0.4, 0.5) is 0 Å². The summed E-state index contributed by atoms with van der Waals surface area (Å²) in [6, 6.07) is 9.42. The van der Waals surface area contributed by atoms with E-state index in [2.05, 4.69) is 10.3 Å². The molecule has 1 atom stereocenters. The van der Waals surface area contributed by atoms with Gasteiger partial charge >= 0.3 is 0 Å². The van der Waals surface area contributed by atoms with Gasteiger partial charge < -0.3 is 29.2 Å². The lowest BCUT2D eigenvalue weighted by molar-refractivity contribution is 0.158. The van der Waals surface area contributed by atoms with Crippen LogP contribution in [-0.4, -0.2) is 56.9 Å². The molecule has 7 heteroatoms. The Morgan fingerprint density at radius 1 is 1.26 bits per heavy atom. The number of ether oxygens (including phenoxy) is 2. The average molecular weight is 375 g/mol. The van der Waals surface area contributed by atoms with Gasteiger partial charge in [-0.15, -0.1) is 0 Å². The Kier molecular flexibility index (Phi) is 8.00. The molecule has 27 heavy (non-hydrogen) atoms. The predicted octanol–water partition coefficient (Wildman–Crippen LogP) is 2.47. The van der Waals surface area contributed by atoms with Crippen molar-refractivity contribution >= 4 is 5.96 Å². The number of nitrogens with zero attached hydrogens (tertiary/aromatic N) is 2. The summed E-state index contributed by atoms with van der Waals surface area (Å²) < 4.78 is 15.9. The molecule has 0 bridgehead atoms. The quantitative estimate of drug-likeness (QED) is 0.518. The number of methoxy groups -OCH3 is 2. The molecule has 1 heterocycles. The van der Waals surface area contributed by atoms with Crippen molar-refractivity contribution in [2.45, 2.75) is 19.4 Å². The Morgan fingerprint density at radius 3 is 2.67 bits per heavy atom. The fourth-order valence-electron chi connectivity index (χ4n) is 2.65. The summed E-state index contributed by atoms with van der Waals surface area (Å²) in [5, 5.41) is 13.4. The zero-order valence-electron chi connectivity index (χ0n) is 16.4. The minimum absolute atomic E-state index is 0.233. The highest BCUT2D eigenvalue weighted by atomic mass is 16.5. The Morgan fingerprint density at radius 2 is 2.04 bits per heavy atom. The molecule has 1 aromatic carbocycles. The van der Waals surface area contributed by atoms with Crippen LogP contribution in [0.15, 0.2) is 46.0 Å². The molecule has 0 saturated carbocycles. The van der Waals surface area contributed by atoms with E-state index in [0.29, 0.717) is 5.76 Å². The molecule has 1 aromatic heterocycles. The smallest absolute Gasteiger partial charge is 0.193 e. The van der Waals surface area contributed by atoms with Gasteiger partial charge in [0.05, 0.1) is 27.0 Å². The first-order valence-electron chi connectivity index (χ1n) is 9.00. The molecular formula is C20H29N3O4. The number of aliphatic imine (C=N–C) groups is 1. The van der Waals surface area contributed by atoms with Gasteiger partial charge in [0.2, 0.25) is 0 Å². The minimum Gasteiger partial charge on any atom is -0.493 e. The summed E-state index contributed by atoms with van der Waals surface area (Å²) in [4.78, 5) is 6.56. The summed E-state index contributed by atoms with van der Waals surface area (Å²) in [5.41, 5.74) is 1.14. The lowest BCUT2D eigenvalue weighted by Crippen LogP contribution is -2.40. The van der Waals surface area contributed by atoms with Crippen LogP contribution in [0.25, 0.3) is 0 Å². The Labute approximate surface area is 160 Å². The number of rotatable bonds is 9. The first-order valence-corrected chi connectivity index (χ1v) is 9.00. The molecule has 0 fully saturated rings. The molecule has 1 unspecified atom stereocenters. The van der Waals surface area contributed by atoms with Crippen LogP contribution in [0.1, 0.15) is 24.4 Å². The highest BCUT2D eigenvalue weighted by Crippen LogP contribution is 2.27. The van der Waals surface area contributed by atoms with Gasteiger partial charge in [-0.1, -0.05) is 6.07 Å². The van der Waals surface area contributed by atoms with Gasteiger partial charge in [0.15, 0.2) is 17.5 Å². The molecule has 0 amide bonds. The van der Waals surface area contributed by atoms with Crippen LogP contribution in [-0.2, 0) is 6.42 Å². The number of hydrogen-bond donors (Lipinski definition) is 2. The Hall–Kier alpha value is -2.67. The second-order valence-corrected chi connectivity index (χ2v) is 6.09. The van der Waals surface area contributed by atoms with Crippen LogP contribution in [0.2, 0.25) is 0 Å². The minimum atomic E-state index is -0.757. The number of likely N-dealkylation sites (N-methyl/N-ethyl adjacent to an activating group) is 1. The largest absolute Gasteiger partial charge is 0.493 e. The summed E-state index contributed by atoms with van der Waals surface area (Å²) in [6.45, 7) is 3.76. The van der Waals surface area contributed by atoms with Crippen molar-refractivity contribution < 1.29 is 19.0 Å². The van der Waals surface area contributed by atoms with Crippen molar-refractivity contribution in [3.63, 3.8) is 0 Å². The van der Waals surface area contributed by atoms with E-state index in [-0.39, 0.29) is 6.54 Å². The molecule has 0 aliphatic carbocycles. The van der Waals surface area contributed by atoms with Crippen molar-refractivity contribution in [1.29, 1.82) is 0 Å². The standard InChI is InChI=1S/C20H29N3O4/c1-5-21-20(22-14-16(24)17-7-6-12-27-17)23(2)11-10-15-8-9-18(25-3)19(13-15)26-4/h6-9,12-13,16,24H,5,10-11,14H2,1-4H3,(H,21,22). The molecule has 0 aliphatic heterocycles. The first kappa shape index (κ1) is 20.6. The Bertz CT molecular complexity index is 716. The van der Waals surface area contributed by atoms with E-state index in [1.165, 1.54) is 0 Å². The predicted molar refractivity (Wildman–Crippen MR) is 106 cm³/mol. The third-order valence-corrected chi connectivity index (χ3v) is 4.17. The number of nitrogens with one attached hydrogen (secondary N) is 1. The molecule has 0 saturated heterocycles. The van der Waals surface area contributed by atoms with Crippen LogP contribution in [0.5, 0.6) is 11.5 Å². The van der Waals surface area contributed by atoms with Crippen molar-refractivity contribution in [1.82, 2.24) is 10.2 Å². The maximum atomic E-state index is 10.2. The average Bonchev–Trinajstić information content (AvgIpc) is 3.23. The third-order valence-electron chi connectivity index (χ3n) is 4.17. The zero-order chi connectivity index (χ0) is 19.6. The van der Waals surface area contributed by atoms with E-state index in [9.17, 15) is 5.11 Å². The molecule has 2 N–H and O–H groups in total. The molecule has 0 aliphatic rings. The Balaban J connectivity index is 1.97. The fraction of sp³-hybridized carbons (Fsp3) is 0.450. The van der Waals surface area contributed by atoms with Gasteiger partial charge in [-0.3, -0.25) is 0 Å². The summed E-state index contributed by atoms with van der Waals surface area (Å²) >= 11 is 0. The third kappa shape index (κ3) is 5.92. The molecule has 7 nitrogen and oxygen atoms in total. The summed E-state index contributed by atoms with van der Waals surface area (Å²) in [5.74, 6) is 2.70. The molecular weight excluding hydrogens is 346 g/mol. The van der Waals surface area contributed by atoms with Gasteiger partial charge in [0.1, 0.15) is 11.9 Å². The molecule has 0 spiro atoms. The van der Waals surface area contributed by atoms with E-state index < -0.39 is 6.10 Å². The maximum Gasteiger partial charge on any atom is 0.193 e. The lowest BCUT2D eigenvalue weighted by atomic mass is 10.1. The topological polar surface area (TPSA) is 79.5 Å². The number of hydrogen-bond acceptors (Lipinski definition) is 5. The monoisotopic (exact) mass is 375 g/mol. The SMILES string of the molecule is CCNC(=NCC(O)c1ccco1)N(C)CCc1ccc(OC)c(OC)c1. The maximum absolute atomic E-state index is 10.2. The summed E-state index contributed by atoms with van der Waals surface area (Å²) in [6.07, 6.45) is 1.61. The van der Waals surface area contributed by atoms with E-state index in [1.807, 2.05) is 37.1 Å². The van der Waals surface area contributed by atoms with Crippen LogP contribution in [0.3, 0.4) is 0 Å². The van der Waals surface area contributed by atoms with Gasteiger partial charge in [-0.05, 0) is 43.2 Å². The van der Waals surface area contributed by atoms with Gasteiger partial charge in [0.25, 0.3) is 0 Å². The van der Waals surface area contributed by atoms with E-state index in [4.69, 9.17) is 13.9 Å². The number of aliphatic hydroxyl groups is 1. The van der Waals surface area contributed by atoms with Crippen LogP contribution in [0, 0.1) is 0 Å². The van der Waals surface area contributed by atoms with E-state index in [1.54, 1.807) is 32.6 Å². The molecule has 0 radical (unpaired) electrons. The van der Waals surface area contributed by atoms with Gasteiger partial charge in [0, 0.05) is 20.1 Å². The number of benzene rings is 1. The van der Waals surface area contributed by atoms with Crippen molar-refractivity contribution in [2.24, 2.45) is 4.99 Å². The molecule has 2 rings (SSSR count). The molecule has 148 valence electrons. The highest BCUT2D eigenvalue weighted by Gasteiger charge is 2.12. The van der Waals surface area contributed by atoms with Gasteiger partial charge in [-0.25, -0.2) is 4.99 Å². The van der Waals surface area contributed by atoms with Crippen molar-refractivity contribution in [2.75, 3.05) is 40.9 Å². The second kappa shape index (κ2) is 10.5. The van der Waals surface area contributed by atoms with E-state index >= 15 is 0 Å². The van der Waals surface area contributed by atoms with Crippen LogP contribution >= 0.6 is 0 Å². The normalized spacial score (nSPS) is 12.6. The second-order valence-electron chi connectivity index (χ2n) is 6.09. The summed E-state index contributed by atoms with van der Waals surface area (Å²) in [7, 11) is 5.23. The van der Waals surface area contributed by atoms with Crippen LogP contribution < -0.4 is 14.8 Å². The number of furan rings is 1. The lowest BCUT2D eigenvalue weighted by Gasteiger charge is -2.22. The van der Waals surface area contributed by atoms with Gasteiger partial charge in [-0.2, -0.15) is 0 Å². The molecule has 2 aromatic rings.